The predicted molar refractivity (Wildman–Crippen MR) is 148 cm³/mol. The second-order valence-electron chi connectivity index (χ2n) is 10.2. The molecule has 0 aromatic heterocycles. The van der Waals surface area contributed by atoms with E-state index in [1.54, 1.807) is 14.2 Å². The molecule has 2 atom stereocenters. The van der Waals surface area contributed by atoms with Crippen LogP contribution in [0.3, 0.4) is 0 Å². The first-order chi connectivity index (χ1) is 18.3. The number of nitrogens with zero attached hydrogens (tertiary/aromatic N) is 2. The number of ether oxygens (including phenoxy) is 3. The van der Waals surface area contributed by atoms with Gasteiger partial charge in [-0.1, -0.05) is 30.3 Å². The number of hydrogen-bond donors (Lipinski definition) is 1. The zero-order chi connectivity index (χ0) is 27.5. The zero-order valence-electron chi connectivity index (χ0n) is 23.4. The molecule has 1 aliphatic rings. The Morgan fingerprint density at radius 2 is 1.71 bits per heavy atom. The van der Waals surface area contributed by atoms with E-state index in [1.165, 1.54) is 0 Å². The number of hydrogen-bond acceptors (Lipinski definition) is 6. The first-order valence-corrected chi connectivity index (χ1v) is 13.4. The fraction of sp³-hybridized carbons (Fsp3) is 0.533. The summed E-state index contributed by atoms with van der Waals surface area (Å²) >= 11 is 0. The number of carbonyl (C=O) groups is 2. The van der Waals surface area contributed by atoms with Gasteiger partial charge >= 0.3 is 0 Å². The Morgan fingerprint density at radius 1 is 1.00 bits per heavy atom. The van der Waals surface area contributed by atoms with Crippen LogP contribution in [0.25, 0.3) is 0 Å². The van der Waals surface area contributed by atoms with Crippen LogP contribution in [0.2, 0.25) is 0 Å². The number of amides is 2. The first-order valence-electron chi connectivity index (χ1n) is 13.4. The molecule has 1 fully saturated rings. The Labute approximate surface area is 227 Å². The Kier molecular flexibility index (Phi) is 11.6. The van der Waals surface area contributed by atoms with Crippen LogP contribution in [0, 0.1) is 11.8 Å². The lowest BCUT2D eigenvalue weighted by Crippen LogP contribution is -2.44. The van der Waals surface area contributed by atoms with E-state index in [9.17, 15) is 9.59 Å². The van der Waals surface area contributed by atoms with Crippen molar-refractivity contribution in [1.29, 1.82) is 0 Å². The summed E-state index contributed by atoms with van der Waals surface area (Å²) in [6.07, 6.45) is 0.397. The van der Waals surface area contributed by atoms with Crippen molar-refractivity contribution in [3.8, 4) is 5.75 Å². The number of likely N-dealkylation sites (N-methyl/N-ethyl adjacent to an activating group) is 1. The van der Waals surface area contributed by atoms with Crippen LogP contribution in [0.1, 0.15) is 35.3 Å². The van der Waals surface area contributed by atoms with Crippen LogP contribution in [0.15, 0.2) is 48.5 Å². The maximum atomic E-state index is 13.7. The van der Waals surface area contributed by atoms with Gasteiger partial charge in [-0.3, -0.25) is 9.59 Å². The molecule has 38 heavy (non-hydrogen) atoms. The Balaban J connectivity index is 1.65. The molecule has 0 saturated carbocycles. The summed E-state index contributed by atoms with van der Waals surface area (Å²) in [6.45, 7) is 8.34. The van der Waals surface area contributed by atoms with Gasteiger partial charge in [-0.15, -0.1) is 0 Å². The fourth-order valence-electron chi connectivity index (χ4n) is 4.87. The van der Waals surface area contributed by atoms with Crippen LogP contribution in [-0.2, 0) is 27.3 Å². The van der Waals surface area contributed by atoms with Crippen molar-refractivity contribution in [2.24, 2.45) is 11.8 Å². The molecule has 1 aliphatic heterocycles. The number of benzene rings is 2. The lowest BCUT2D eigenvalue weighted by atomic mass is 9.93. The van der Waals surface area contributed by atoms with Gasteiger partial charge in [-0.25, -0.2) is 0 Å². The molecular formula is C30H43N3O5. The molecule has 0 spiro atoms. The molecular weight excluding hydrogens is 482 g/mol. The van der Waals surface area contributed by atoms with E-state index in [0.29, 0.717) is 50.6 Å². The molecule has 2 aromatic rings. The van der Waals surface area contributed by atoms with E-state index in [2.05, 4.69) is 5.32 Å². The quantitative estimate of drug-likeness (QED) is 0.382. The van der Waals surface area contributed by atoms with Crippen LogP contribution < -0.4 is 10.1 Å². The largest absolute Gasteiger partial charge is 0.496 e. The highest BCUT2D eigenvalue weighted by molar-refractivity contribution is 5.94. The summed E-state index contributed by atoms with van der Waals surface area (Å²) in [5, 5.41) is 3.48. The molecule has 1 N–H and O–H groups in total. The number of rotatable bonds is 14. The van der Waals surface area contributed by atoms with Crippen molar-refractivity contribution in [2.75, 3.05) is 60.7 Å². The van der Waals surface area contributed by atoms with Crippen molar-refractivity contribution in [3.63, 3.8) is 0 Å². The second kappa shape index (κ2) is 14.9. The van der Waals surface area contributed by atoms with Gasteiger partial charge in [-0.2, -0.15) is 0 Å². The van der Waals surface area contributed by atoms with Crippen LogP contribution >= 0.6 is 0 Å². The van der Waals surface area contributed by atoms with Crippen molar-refractivity contribution in [1.82, 2.24) is 15.1 Å². The Morgan fingerprint density at radius 3 is 2.37 bits per heavy atom. The number of methoxy groups -OCH3 is 2. The van der Waals surface area contributed by atoms with Crippen molar-refractivity contribution in [2.45, 2.75) is 32.9 Å². The average molecular weight is 526 g/mol. The van der Waals surface area contributed by atoms with Gasteiger partial charge in [-0.05, 0) is 49.4 Å². The highest BCUT2D eigenvalue weighted by Crippen LogP contribution is 2.25. The molecule has 1 saturated heterocycles. The molecule has 0 bridgehead atoms. The normalized spacial score (nSPS) is 17.0. The molecule has 2 amide bonds. The summed E-state index contributed by atoms with van der Waals surface area (Å²) in [7, 11) is 5.12. The summed E-state index contributed by atoms with van der Waals surface area (Å²) in [4.78, 5) is 30.3. The molecule has 8 nitrogen and oxygen atoms in total. The van der Waals surface area contributed by atoms with Crippen LogP contribution in [0.4, 0.5) is 0 Å². The van der Waals surface area contributed by atoms with E-state index in [1.807, 2.05) is 79.2 Å². The SMILES string of the molecule is COCCOCc1cc(C(=O)N(C[C@@H]2CNC[C@H]2CN(C)C(=O)Cc2ccccc2)C(C)C)ccc1OC. The van der Waals surface area contributed by atoms with Crippen LogP contribution in [-0.4, -0.2) is 88.3 Å². The average Bonchev–Trinajstić information content (AvgIpc) is 3.36. The van der Waals surface area contributed by atoms with Crippen molar-refractivity contribution >= 4 is 11.8 Å². The Bertz CT molecular complexity index is 1030. The van der Waals surface area contributed by atoms with Gasteiger partial charge in [0.2, 0.25) is 5.91 Å². The molecule has 0 radical (unpaired) electrons. The van der Waals surface area contributed by atoms with Gasteiger partial charge in [0.15, 0.2) is 0 Å². The minimum atomic E-state index is -0.0139. The van der Waals surface area contributed by atoms with Crippen LogP contribution in [0.5, 0.6) is 5.75 Å². The van der Waals surface area contributed by atoms with Gasteiger partial charge < -0.3 is 29.3 Å². The molecule has 0 unspecified atom stereocenters. The Hall–Kier alpha value is -2.94. The summed E-state index contributed by atoms with van der Waals surface area (Å²) in [5.74, 6) is 1.31. The van der Waals surface area contributed by atoms with Gasteiger partial charge in [0.05, 0.1) is 33.4 Å². The highest BCUT2D eigenvalue weighted by atomic mass is 16.5. The second-order valence-corrected chi connectivity index (χ2v) is 10.2. The molecule has 1 heterocycles. The van der Waals surface area contributed by atoms with E-state index >= 15 is 0 Å². The molecule has 2 aromatic carbocycles. The third-order valence-electron chi connectivity index (χ3n) is 7.14. The van der Waals surface area contributed by atoms with Gasteiger partial charge in [0.25, 0.3) is 5.91 Å². The fourth-order valence-corrected chi connectivity index (χ4v) is 4.87. The third-order valence-corrected chi connectivity index (χ3v) is 7.14. The number of carbonyl (C=O) groups excluding carboxylic acids is 2. The minimum absolute atomic E-state index is 0.0139. The molecule has 3 rings (SSSR count). The monoisotopic (exact) mass is 525 g/mol. The lowest BCUT2D eigenvalue weighted by Gasteiger charge is -2.33. The van der Waals surface area contributed by atoms with E-state index in [0.717, 1.165) is 24.2 Å². The van der Waals surface area contributed by atoms with E-state index in [4.69, 9.17) is 14.2 Å². The van der Waals surface area contributed by atoms with Crippen molar-refractivity contribution in [3.05, 3.63) is 65.2 Å². The summed E-state index contributed by atoms with van der Waals surface area (Å²) < 4.78 is 16.2. The zero-order valence-corrected chi connectivity index (χ0v) is 23.4. The molecule has 0 aliphatic carbocycles. The molecule has 8 heteroatoms. The smallest absolute Gasteiger partial charge is 0.254 e. The molecule has 208 valence electrons. The van der Waals surface area contributed by atoms with Gasteiger partial charge in [0.1, 0.15) is 5.75 Å². The summed E-state index contributed by atoms with van der Waals surface area (Å²) in [6, 6.07) is 15.4. The maximum Gasteiger partial charge on any atom is 0.254 e. The lowest BCUT2D eigenvalue weighted by molar-refractivity contribution is -0.129. The standard InChI is InChI=1S/C30H43N3O5/c1-22(2)33(30(35)24-11-12-28(37-5)25(16-24)21-38-14-13-36-4)20-27-18-31-17-26(27)19-32(3)29(34)15-23-9-7-6-8-10-23/h6-12,16,22,26-27,31H,13-15,17-21H2,1-5H3/t26-,27-/m0/s1. The predicted octanol–water partition coefficient (Wildman–Crippen LogP) is 3.25. The number of nitrogens with one attached hydrogen (secondary N) is 1. The highest BCUT2D eigenvalue weighted by Gasteiger charge is 2.33. The van der Waals surface area contributed by atoms with Gasteiger partial charge in [0, 0.05) is 57.5 Å². The van der Waals surface area contributed by atoms with E-state index in [-0.39, 0.29) is 29.7 Å². The topological polar surface area (TPSA) is 80.3 Å². The van der Waals surface area contributed by atoms with Crippen molar-refractivity contribution < 1.29 is 23.8 Å². The summed E-state index contributed by atoms with van der Waals surface area (Å²) in [5.41, 5.74) is 2.46. The maximum absolute atomic E-state index is 13.7. The van der Waals surface area contributed by atoms with E-state index < -0.39 is 0 Å². The third kappa shape index (κ3) is 8.28. The first kappa shape index (κ1) is 29.6. The minimum Gasteiger partial charge on any atom is -0.496 e.